The summed E-state index contributed by atoms with van der Waals surface area (Å²) in [5.41, 5.74) is 1.26. The highest BCUT2D eigenvalue weighted by Gasteiger charge is 2.18. The molecule has 0 aliphatic rings. The highest BCUT2D eigenvalue weighted by molar-refractivity contribution is 7.09. The van der Waals surface area contributed by atoms with Crippen molar-refractivity contribution in [3.8, 4) is 0 Å². The van der Waals surface area contributed by atoms with Crippen molar-refractivity contribution in [3.05, 3.63) is 33.9 Å². The summed E-state index contributed by atoms with van der Waals surface area (Å²) in [4.78, 5) is 8.88. The summed E-state index contributed by atoms with van der Waals surface area (Å²) in [6, 6.07) is 0.0932. The van der Waals surface area contributed by atoms with Crippen LogP contribution < -0.4 is 5.32 Å². The summed E-state index contributed by atoms with van der Waals surface area (Å²) in [7, 11) is 0. The lowest BCUT2D eigenvalue weighted by Crippen LogP contribution is -2.18. The first kappa shape index (κ1) is 14.2. The van der Waals surface area contributed by atoms with Crippen LogP contribution in [0, 0.1) is 6.92 Å². The van der Waals surface area contributed by atoms with Gasteiger partial charge in [0.25, 0.3) is 0 Å². The van der Waals surface area contributed by atoms with Crippen LogP contribution in [-0.2, 0) is 12.0 Å². The van der Waals surface area contributed by atoms with Crippen molar-refractivity contribution >= 4 is 11.3 Å². The monoisotopic (exact) mass is 279 g/mol. The largest absolute Gasteiger partial charge is 0.444 e. The van der Waals surface area contributed by atoms with E-state index in [-0.39, 0.29) is 11.5 Å². The van der Waals surface area contributed by atoms with Gasteiger partial charge in [0.2, 0.25) is 5.89 Å². The topological polar surface area (TPSA) is 51.0 Å². The van der Waals surface area contributed by atoms with Crippen LogP contribution in [0.25, 0.3) is 0 Å². The number of rotatable bonds is 4. The van der Waals surface area contributed by atoms with Gasteiger partial charge in [-0.15, -0.1) is 11.3 Å². The predicted molar refractivity (Wildman–Crippen MR) is 77.3 cm³/mol. The zero-order valence-corrected chi connectivity index (χ0v) is 13.0. The van der Waals surface area contributed by atoms with Gasteiger partial charge < -0.3 is 4.42 Å². The fourth-order valence-electron chi connectivity index (χ4n) is 1.64. The lowest BCUT2D eigenvalue weighted by molar-refractivity contribution is 0.402. The van der Waals surface area contributed by atoms with Crippen LogP contribution in [0.1, 0.15) is 56.1 Å². The zero-order chi connectivity index (χ0) is 14.0. The van der Waals surface area contributed by atoms with Crippen molar-refractivity contribution in [2.24, 2.45) is 0 Å². The Morgan fingerprint density at radius 1 is 1.42 bits per heavy atom. The molecule has 19 heavy (non-hydrogen) atoms. The Morgan fingerprint density at radius 2 is 2.16 bits per heavy atom. The standard InChI is InChI=1S/C14H21N3OS/c1-9-6-16-13(18-9)10(2)15-7-12-17-11(8-19-12)14(3,4)5/h6,8,10,15H,7H2,1-5H3. The molecule has 104 valence electrons. The van der Waals surface area contributed by atoms with E-state index in [2.05, 4.69) is 41.4 Å². The number of oxazole rings is 1. The molecule has 4 nitrogen and oxygen atoms in total. The molecule has 2 rings (SSSR count). The number of aryl methyl sites for hydroxylation is 1. The molecule has 0 aliphatic heterocycles. The van der Waals surface area contributed by atoms with Crippen LogP contribution in [0.15, 0.2) is 16.0 Å². The van der Waals surface area contributed by atoms with Gasteiger partial charge in [0, 0.05) is 17.3 Å². The highest BCUT2D eigenvalue weighted by Crippen LogP contribution is 2.24. The maximum atomic E-state index is 5.50. The summed E-state index contributed by atoms with van der Waals surface area (Å²) >= 11 is 1.69. The van der Waals surface area contributed by atoms with Crippen LogP contribution in [0.2, 0.25) is 0 Å². The summed E-state index contributed by atoms with van der Waals surface area (Å²) < 4.78 is 5.50. The maximum Gasteiger partial charge on any atom is 0.211 e. The normalized spacial score (nSPS) is 13.7. The second kappa shape index (κ2) is 5.43. The molecule has 0 fully saturated rings. The Balaban J connectivity index is 1.94. The van der Waals surface area contributed by atoms with Crippen molar-refractivity contribution in [3.63, 3.8) is 0 Å². The Morgan fingerprint density at radius 3 is 2.68 bits per heavy atom. The van der Waals surface area contributed by atoms with Crippen LogP contribution in [0.4, 0.5) is 0 Å². The van der Waals surface area contributed by atoms with Gasteiger partial charge in [-0.1, -0.05) is 20.8 Å². The summed E-state index contributed by atoms with van der Waals surface area (Å²) in [6.45, 7) is 11.2. The van der Waals surface area contributed by atoms with E-state index in [4.69, 9.17) is 4.42 Å². The van der Waals surface area contributed by atoms with Gasteiger partial charge >= 0.3 is 0 Å². The number of nitrogens with one attached hydrogen (secondary N) is 1. The number of nitrogens with zero attached hydrogens (tertiary/aromatic N) is 2. The molecule has 0 amide bonds. The highest BCUT2D eigenvalue weighted by atomic mass is 32.1. The SMILES string of the molecule is Cc1cnc(C(C)NCc2nc(C(C)(C)C)cs2)o1. The number of hydrogen-bond donors (Lipinski definition) is 1. The van der Waals surface area contributed by atoms with E-state index in [0.29, 0.717) is 0 Å². The lowest BCUT2D eigenvalue weighted by Gasteiger charge is -2.14. The van der Waals surface area contributed by atoms with E-state index in [1.54, 1.807) is 17.5 Å². The Bertz CT molecular complexity index is 539. The van der Waals surface area contributed by atoms with Gasteiger partial charge in [0.05, 0.1) is 17.9 Å². The van der Waals surface area contributed by atoms with Crippen molar-refractivity contribution < 1.29 is 4.42 Å². The van der Waals surface area contributed by atoms with Gasteiger partial charge in [-0.05, 0) is 13.8 Å². The van der Waals surface area contributed by atoms with Gasteiger partial charge in [-0.3, -0.25) is 5.32 Å². The third-order valence-electron chi connectivity index (χ3n) is 2.89. The first-order valence-corrected chi connectivity index (χ1v) is 7.35. The maximum absolute atomic E-state index is 5.50. The molecular formula is C14H21N3OS. The van der Waals surface area contributed by atoms with Crippen molar-refractivity contribution in [2.75, 3.05) is 0 Å². The molecule has 2 heterocycles. The predicted octanol–water partition coefficient (Wildman–Crippen LogP) is 3.59. The minimum atomic E-state index is 0.0932. The Kier molecular flexibility index (Phi) is 4.06. The average molecular weight is 279 g/mol. The third kappa shape index (κ3) is 3.64. The van der Waals surface area contributed by atoms with Gasteiger partial charge in [0.15, 0.2) is 0 Å². The zero-order valence-electron chi connectivity index (χ0n) is 12.2. The fourth-order valence-corrected chi connectivity index (χ4v) is 2.61. The smallest absolute Gasteiger partial charge is 0.211 e. The molecule has 2 aromatic rings. The first-order valence-electron chi connectivity index (χ1n) is 6.47. The van der Waals surface area contributed by atoms with E-state index in [1.807, 2.05) is 13.8 Å². The van der Waals surface area contributed by atoms with E-state index in [0.717, 1.165) is 28.9 Å². The quantitative estimate of drug-likeness (QED) is 0.929. The minimum absolute atomic E-state index is 0.0932. The molecule has 1 N–H and O–H groups in total. The second-order valence-corrected chi connectivity index (χ2v) is 6.73. The van der Waals surface area contributed by atoms with E-state index in [1.165, 1.54) is 0 Å². The third-order valence-corrected chi connectivity index (χ3v) is 3.74. The van der Waals surface area contributed by atoms with Gasteiger partial charge in [0.1, 0.15) is 10.8 Å². The van der Waals surface area contributed by atoms with Crippen LogP contribution in [0.5, 0.6) is 0 Å². The number of aromatic nitrogens is 2. The molecular weight excluding hydrogens is 258 g/mol. The minimum Gasteiger partial charge on any atom is -0.444 e. The van der Waals surface area contributed by atoms with E-state index < -0.39 is 0 Å². The average Bonchev–Trinajstić information content (AvgIpc) is 2.93. The summed E-state index contributed by atoms with van der Waals surface area (Å²) in [5.74, 6) is 1.57. The molecule has 0 saturated carbocycles. The first-order chi connectivity index (χ1) is 8.86. The van der Waals surface area contributed by atoms with E-state index >= 15 is 0 Å². The lowest BCUT2D eigenvalue weighted by atomic mass is 9.93. The van der Waals surface area contributed by atoms with Crippen LogP contribution in [0.3, 0.4) is 0 Å². The molecule has 1 unspecified atom stereocenters. The van der Waals surface area contributed by atoms with Gasteiger partial charge in [-0.2, -0.15) is 0 Å². The number of hydrogen-bond acceptors (Lipinski definition) is 5. The summed E-state index contributed by atoms with van der Waals surface area (Å²) in [6.07, 6.45) is 1.74. The van der Waals surface area contributed by atoms with E-state index in [9.17, 15) is 0 Å². The Hall–Kier alpha value is -1.20. The van der Waals surface area contributed by atoms with Crippen LogP contribution in [-0.4, -0.2) is 9.97 Å². The van der Waals surface area contributed by atoms with Crippen molar-refractivity contribution in [1.29, 1.82) is 0 Å². The van der Waals surface area contributed by atoms with Crippen molar-refractivity contribution in [2.45, 2.75) is 52.6 Å². The van der Waals surface area contributed by atoms with Crippen molar-refractivity contribution in [1.82, 2.24) is 15.3 Å². The molecule has 2 aromatic heterocycles. The van der Waals surface area contributed by atoms with Crippen LogP contribution >= 0.6 is 11.3 Å². The fraction of sp³-hybridized carbons (Fsp3) is 0.571. The molecule has 1 atom stereocenters. The molecule has 5 heteroatoms. The summed E-state index contributed by atoms with van der Waals surface area (Å²) in [5, 5.41) is 6.62. The molecule has 0 aromatic carbocycles. The molecule has 0 spiro atoms. The molecule has 0 aliphatic carbocycles. The second-order valence-electron chi connectivity index (χ2n) is 5.79. The van der Waals surface area contributed by atoms with Gasteiger partial charge in [-0.25, -0.2) is 9.97 Å². The molecule has 0 saturated heterocycles. The Labute approximate surface area is 118 Å². The molecule has 0 bridgehead atoms. The molecule has 0 radical (unpaired) electrons. The number of thiazole rings is 1.